The van der Waals surface area contributed by atoms with Gasteiger partial charge in [-0.2, -0.15) is 0 Å². The minimum Gasteiger partial charge on any atom is -0.0651 e. The van der Waals surface area contributed by atoms with Gasteiger partial charge in [0.25, 0.3) is 0 Å². The summed E-state index contributed by atoms with van der Waals surface area (Å²) in [7, 11) is 0. The zero-order valence-corrected chi connectivity index (χ0v) is 10.1. The molecule has 1 rings (SSSR count). The van der Waals surface area contributed by atoms with E-state index in [0.29, 0.717) is 0 Å². The van der Waals surface area contributed by atoms with Crippen molar-refractivity contribution < 1.29 is 0 Å². The van der Waals surface area contributed by atoms with Crippen LogP contribution < -0.4 is 0 Å². The van der Waals surface area contributed by atoms with Crippen LogP contribution in [0.15, 0.2) is 0 Å². The Morgan fingerprint density at radius 1 is 1.00 bits per heavy atom. The molecule has 1 saturated carbocycles. The zero-order valence-electron chi connectivity index (χ0n) is 10.1. The molecule has 0 bridgehead atoms. The van der Waals surface area contributed by atoms with Crippen LogP contribution in [0.3, 0.4) is 0 Å². The monoisotopic (exact) mass is 195 g/mol. The van der Waals surface area contributed by atoms with Gasteiger partial charge in [0.2, 0.25) is 0 Å². The molecule has 0 amide bonds. The predicted molar refractivity (Wildman–Crippen MR) is 64.3 cm³/mol. The Hall–Kier alpha value is 0. The van der Waals surface area contributed by atoms with Crippen LogP contribution in [-0.4, -0.2) is 0 Å². The molecule has 1 aliphatic rings. The van der Waals surface area contributed by atoms with Gasteiger partial charge in [-0.05, 0) is 31.1 Å². The zero-order chi connectivity index (χ0) is 10.2. The molecule has 0 nitrogen and oxygen atoms in total. The third-order valence-corrected chi connectivity index (χ3v) is 3.86. The third-order valence-electron chi connectivity index (χ3n) is 3.86. The summed E-state index contributed by atoms with van der Waals surface area (Å²) in [6.45, 7) is 4.67. The summed E-state index contributed by atoms with van der Waals surface area (Å²) >= 11 is 0. The highest BCUT2D eigenvalue weighted by Crippen LogP contribution is 2.30. The first-order valence-corrected chi connectivity index (χ1v) is 6.70. The van der Waals surface area contributed by atoms with Crippen molar-refractivity contribution in [3.8, 4) is 0 Å². The Bertz CT molecular complexity index is 118. The largest absolute Gasteiger partial charge is 0.0651 e. The summed E-state index contributed by atoms with van der Waals surface area (Å²) in [5, 5.41) is 0. The molecule has 1 aliphatic carbocycles. The summed E-state index contributed by atoms with van der Waals surface area (Å²) in [6.07, 6.45) is 14.5. The number of hydrogen-bond donors (Lipinski definition) is 0. The van der Waals surface area contributed by atoms with Gasteiger partial charge in [0.1, 0.15) is 0 Å². The standard InChI is InChI=1S/C14H27/c1-3-13(4-2)11-8-12-14-9-6-5-7-10-14/h13H,3-12H2,1-2H3. The lowest BCUT2D eigenvalue weighted by atomic mass is 9.84. The molecule has 0 spiro atoms. The van der Waals surface area contributed by atoms with Crippen LogP contribution in [0.25, 0.3) is 0 Å². The first kappa shape index (κ1) is 12.1. The van der Waals surface area contributed by atoms with Gasteiger partial charge in [-0.1, -0.05) is 58.8 Å². The Morgan fingerprint density at radius 2 is 1.64 bits per heavy atom. The van der Waals surface area contributed by atoms with Crippen molar-refractivity contribution in [3.63, 3.8) is 0 Å². The highest BCUT2D eigenvalue weighted by atomic mass is 14.2. The minimum absolute atomic E-state index is 0.999. The van der Waals surface area contributed by atoms with E-state index in [1.165, 1.54) is 64.2 Å². The van der Waals surface area contributed by atoms with Crippen LogP contribution in [0.1, 0.15) is 78.1 Å². The smallest absolute Gasteiger partial charge is 0.0241 e. The van der Waals surface area contributed by atoms with Gasteiger partial charge in [0, 0.05) is 0 Å². The molecular weight excluding hydrogens is 168 g/mol. The van der Waals surface area contributed by atoms with Crippen molar-refractivity contribution in [2.24, 2.45) is 5.92 Å². The molecule has 0 heterocycles. The number of rotatable bonds is 6. The van der Waals surface area contributed by atoms with Crippen molar-refractivity contribution in [1.29, 1.82) is 0 Å². The Labute approximate surface area is 90.5 Å². The van der Waals surface area contributed by atoms with Gasteiger partial charge >= 0.3 is 0 Å². The maximum Gasteiger partial charge on any atom is -0.0241 e. The van der Waals surface area contributed by atoms with Crippen LogP contribution in [0.4, 0.5) is 0 Å². The van der Waals surface area contributed by atoms with Crippen molar-refractivity contribution in [2.45, 2.75) is 78.1 Å². The lowest BCUT2D eigenvalue weighted by Gasteiger charge is -2.21. The lowest BCUT2D eigenvalue weighted by Crippen LogP contribution is -2.05. The Kier molecular flexibility index (Phi) is 6.31. The van der Waals surface area contributed by atoms with Crippen LogP contribution >= 0.6 is 0 Å². The van der Waals surface area contributed by atoms with Crippen molar-refractivity contribution in [2.75, 3.05) is 0 Å². The summed E-state index contributed by atoms with van der Waals surface area (Å²) in [6, 6.07) is 0. The molecule has 0 unspecified atom stereocenters. The maximum atomic E-state index is 2.34. The van der Waals surface area contributed by atoms with Crippen LogP contribution in [0.2, 0.25) is 0 Å². The Morgan fingerprint density at radius 3 is 2.21 bits per heavy atom. The van der Waals surface area contributed by atoms with Gasteiger partial charge < -0.3 is 0 Å². The average molecular weight is 195 g/mol. The second kappa shape index (κ2) is 7.31. The molecule has 1 radical (unpaired) electrons. The van der Waals surface area contributed by atoms with Crippen LogP contribution in [0.5, 0.6) is 0 Å². The Balaban J connectivity index is 2.01. The molecule has 83 valence electrons. The summed E-state index contributed by atoms with van der Waals surface area (Å²) in [5.74, 6) is 2.88. The van der Waals surface area contributed by atoms with E-state index < -0.39 is 0 Å². The number of hydrogen-bond acceptors (Lipinski definition) is 0. The fourth-order valence-electron chi connectivity index (χ4n) is 2.64. The van der Waals surface area contributed by atoms with E-state index in [1.54, 1.807) is 0 Å². The lowest BCUT2D eigenvalue weighted by molar-refractivity contribution is 0.418. The van der Waals surface area contributed by atoms with Gasteiger partial charge in [-0.25, -0.2) is 0 Å². The molecule has 0 heteroatoms. The molecule has 0 aromatic rings. The van der Waals surface area contributed by atoms with Crippen LogP contribution in [0, 0.1) is 11.8 Å². The summed E-state index contributed by atoms with van der Waals surface area (Å²) in [4.78, 5) is 0. The predicted octanol–water partition coefficient (Wildman–Crippen LogP) is 5.13. The topological polar surface area (TPSA) is 0 Å². The van der Waals surface area contributed by atoms with Gasteiger partial charge in [0.05, 0.1) is 0 Å². The first-order valence-electron chi connectivity index (χ1n) is 6.70. The van der Waals surface area contributed by atoms with E-state index in [9.17, 15) is 0 Å². The van der Waals surface area contributed by atoms with Crippen molar-refractivity contribution in [3.05, 3.63) is 5.92 Å². The molecule has 0 aliphatic heterocycles. The SMILES string of the molecule is CCC(CC)CCC[C]1CCCCC1. The van der Waals surface area contributed by atoms with Gasteiger partial charge in [0.15, 0.2) is 0 Å². The fourth-order valence-corrected chi connectivity index (χ4v) is 2.64. The average Bonchev–Trinajstić information content (AvgIpc) is 2.26. The maximum absolute atomic E-state index is 2.34. The highest BCUT2D eigenvalue weighted by Gasteiger charge is 2.13. The summed E-state index contributed by atoms with van der Waals surface area (Å²) in [5.41, 5.74) is 0. The fraction of sp³-hybridized carbons (Fsp3) is 0.929. The summed E-state index contributed by atoms with van der Waals surface area (Å²) < 4.78 is 0. The second-order valence-corrected chi connectivity index (χ2v) is 4.89. The molecule has 14 heavy (non-hydrogen) atoms. The normalized spacial score (nSPS) is 19.1. The minimum atomic E-state index is 0.999. The molecule has 0 aromatic heterocycles. The van der Waals surface area contributed by atoms with Gasteiger partial charge in [-0.3, -0.25) is 0 Å². The first-order chi connectivity index (χ1) is 6.86. The van der Waals surface area contributed by atoms with Crippen molar-refractivity contribution in [1.82, 2.24) is 0 Å². The van der Waals surface area contributed by atoms with E-state index in [1.807, 2.05) is 5.92 Å². The van der Waals surface area contributed by atoms with E-state index in [-0.39, 0.29) is 0 Å². The highest BCUT2D eigenvalue weighted by molar-refractivity contribution is 4.91. The second-order valence-electron chi connectivity index (χ2n) is 4.89. The van der Waals surface area contributed by atoms with E-state index in [0.717, 1.165) is 5.92 Å². The van der Waals surface area contributed by atoms with E-state index in [4.69, 9.17) is 0 Å². The quantitative estimate of drug-likeness (QED) is 0.551. The van der Waals surface area contributed by atoms with Gasteiger partial charge in [-0.15, -0.1) is 0 Å². The molecule has 0 atom stereocenters. The van der Waals surface area contributed by atoms with E-state index >= 15 is 0 Å². The van der Waals surface area contributed by atoms with Crippen LogP contribution in [-0.2, 0) is 0 Å². The third kappa shape index (κ3) is 4.48. The molecule has 0 N–H and O–H groups in total. The molecule has 0 saturated heterocycles. The van der Waals surface area contributed by atoms with Crippen molar-refractivity contribution >= 4 is 0 Å². The molecule has 0 aromatic carbocycles. The molecular formula is C14H27. The molecule has 1 fully saturated rings. The van der Waals surface area contributed by atoms with E-state index in [2.05, 4.69) is 13.8 Å².